The molecule has 0 aliphatic heterocycles. The highest BCUT2D eigenvalue weighted by molar-refractivity contribution is 5.96. The fraction of sp³-hybridized carbons (Fsp3) is 0.300. The van der Waals surface area contributed by atoms with E-state index in [2.05, 4.69) is 27.2 Å². The Morgan fingerprint density at radius 3 is 2.59 bits per heavy atom. The molecule has 0 atom stereocenters. The molecule has 2 heterocycles. The molecule has 2 aromatic heterocycles. The Hall–Kier alpha value is -3.36. The molecule has 0 aliphatic carbocycles. The van der Waals surface area contributed by atoms with Crippen LogP contribution in [0.3, 0.4) is 0 Å². The molecule has 0 aliphatic rings. The topological polar surface area (TPSA) is 93.2 Å². The minimum absolute atomic E-state index is 0.0927. The Kier molecular flexibility index (Phi) is 6.98. The molecule has 9 heteroatoms. The van der Waals surface area contributed by atoms with E-state index >= 15 is 0 Å². The van der Waals surface area contributed by atoms with Gasteiger partial charge in [-0.2, -0.15) is 8.78 Å². The number of carbonyl (C=O) groups excluding carboxylic acids is 2. The molecule has 2 N–H and O–H groups in total. The molecule has 0 spiro atoms. The summed E-state index contributed by atoms with van der Waals surface area (Å²) in [5.41, 5.74) is 1.28. The van der Waals surface area contributed by atoms with Gasteiger partial charge in [-0.1, -0.05) is 6.58 Å². The van der Waals surface area contributed by atoms with Gasteiger partial charge in [-0.05, 0) is 43.2 Å². The summed E-state index contributed by atoms with van der Waals surface area (Å²) in [6, 6.07) is 4.67. The van der Waals surface area contributed by atoms with Gasteiger partial charge in [0.05, 0.1) is 0 Å². The zero-order valence-corrected chi connectivity index (χ0v) is 16.4. The summed E-state index contributed by atoms with van der Waals surface area (Å²) in [7, 11) is 0. The number of ether oxygens (including phenoxy) is 1. The third-order valence-electron chi connectivity index (χ3n) is 3.88. The SMILES string of the molecule is C=C(C)C(F)(F)COc1ncc(CNC(=O)c2ccnc(NC(C)=O)c2)cc1C. The van der Waals surface area contributed by atoms with E-state index in [4.69, 9.17) is 4.74 Å². The molecular formula is C20H22F2N4O3. The number of anilines is 1. The summed E-state index contributed by atoms with van der Waals surface area (Å²) in [6.07, 6.45) is 2.86. The van der Waals surface area contributed by atoms with Crippen molar-refractivity contribution >= 4 is 17.6 Å². The molecule has 0 aromatic carbocycles. The lowest BCUT2D eigenvalue weighted by molar-refractivity contribution is -0.114. The number of rotatable bonds is 8. The second-order valence-electron chi connectivity index (χ2n) is 6.53. The van der Waals surface area contributed by atoms with Gasteiger partial charge in [0, 0.05) is 37.0 Å². The molecule has 0 radical (unpaired) electrons. The lowest BCUT2D eigenvalue weighted by Crippen LogP contribution is -2.27. The number of amides is 2. The molecule has 0 fully saturated rings. The first kappa shape index (κ1) is 21.9. The van der Waals surface area contributed by atoms with E-state index in [0.29, 0.717) is 16.7 Å². The van der Waals surface area contributed by atoms with Gasteiger partial charge >= 0.3 is 5.92 Å². The highest BCUT2D eigenvalue weighted by Gasteiger charge is 2.31. The van der Waals surface area contributed by atoms with Gasteiger partial charge in [0.1, 0.15) is 5.82 Å². The van der Waals surface area contributed by atoms with E-state index < -0.39 is 12.5 Å². The summed E-state index contributed by atoms with van der Waals surface area (Å²) in [5, 5.41) is 5.23. The summed E-state index contributed by atoms with van der Waals surface area (Å²) in [6.45, 7) is 6.83. The highest BCUT2D eigenvalue weighted by Crippen LogP contribution is 2.24. The van der Waals surface area contributed by atoms with E-state index in [0.717, 1.165) is 0 Å². The van der Waals surface area contributed by atoms with Gasteiger partial charge in [-0.25, -0.2) is 9.97 Å². The predicted octanol–water partition coefficient (Wildman–Crippen LogP) is 3.26. The Labute approximate surface area is 167 Å². The van der Waals surface area contributed by atoms with Crippen LogP contribution < -0.4 is 15.4 Å². The molecule has 0 unspecified atom stereocenters. The van der Waals surface area contributed by atoms with Crippen LogP contribution in [0.15, 0.2) is 42.7 Å². The second kappa shape index (κ2) is 9.22. The van der Waals surface area contributed by atoms with Gasteiger partial charge in [-0.3, -0.25) is 9.59 Å². The minimum Gasteiger partial charge on any atom is -0.471 e. The van der Waals surface area contributed by atoms with E-state index in [1.807, 2.05) is 0 Å². The summed E-state index contributed by atoms with van der Waals surface area (Å²) >= 11 is 0. The van der Waals surface area contributed by atoms with Gasteiger partial charge < -0.3 is 15.4 Å². The Balaban J connectivity index is 1.97. The third-order valence-corrected chi connectivity index (χ3v) is 3.88. The number of halogens is 2. The zero-order valence-electron chi connectivity index (χ0n) is 16.4. The number of pyridine rings is 2. The standard InChI is InChI=1S/C20H22F2N4O3/c1-12(2)20(21,22)11-29-19-13(3)7-15(10-25-19)9-24-18(28)16-5-6-23-17(8-16)26-14(4)27/h5-8,10H,1,9,11H2,2-4H3,(H,24,28)(H,23,26,27). The van der Waals surface area contributed by atoms with Gasteiger partial charge in [0.15, 0.2) is 6.61 Å². The van der Waals surface area contributed by atoms with Crippen molar-refractivity contribution in [1.29, 1.82) is 0 Å². The van der Waals surface area contributed by atoms with E-state index in [1.54, 1.807) is 13.0 Å². The maximum absolute atomic E-state index is 13.6. The molecule has 2 aromatic rings. The monoisotopic (exact) mass is 404 g/mol. The Bertz CT molecular complexity index is 932. The molecule has 2 rings (SSSR count). The van der Waals surface area contributed by atoms with Crippen LogP contribution in [-0.4, -0.2) is 34.3 Å². The van der Waals surface area contributed by atoms with Gasteiger partial charge in [0.25, 0.3) is 5.91 Å². The maximum atomic E-state index is 13.6. The maximum Gasteiger partial charge on any atom is 0.302 e. The average Bonchev–Trinajstić information content (AvgIpc) is 2.65. The van der Waals surface area contributed by atoms with Crippen LogP contribution in [0.4, 0.5) is 14.6 Å². The normalized spacial score (nSPS) is 10.9. The fourth-order valence-electron chi connectivity index (χ4n) is 2.26. The molecular weight excluding hydrogens is 382 g/mol. The van der Waals surface area contributed by atoms with Crippen LogP contribution in [0.1, 0.15) is 35.3 Å². The van der Waals surface area contributed by atoms with Crippen molar-refractivity contribution in [3.63, 3.8) is 0 Å². The summed E-state index contributed by atoms with van der Waals surface area (Å²) in [5.74, 6) is -3.43. The van der Waals surface area contributed by atoms with Crippen LogP contribution in [-0.2, 0) is 11.3 Å². The average molecular weight is 404 g/mol. The van der Waals surface area contributed by atoms with Gasteiger partial charge in [-0.15, -0.1) is 0 Å². The number of nitrogens with one attached hydrogen (secondary N) is 2. The summed E-state index contributed by atoms with van der Waals surface area (Å²) in [4.78, 5) is 31.4. The first-order valence-corrected chi connectivity index (χ1v) is 8.72. The first-order valence-electron chi connectivity index (χ1n) is 8.72. The number of hydrogen-bond acceptors (Lipinski definition) is 5. The van der Waals surface area contributed by atoms with E-state index in [1.165, 1.54) is 38.4 Å². The lowest BCUT2D eigenvalue weighted by atomic mass is 10.2. The van der Waals surface area contributed by atoms with Crippen molar-refractivity contribution in [2.45, 2.75) is 33.2 Å². The fourth-order valence-corrected chi connectivity index (χ4v) is 2.26. The van der Waals surface area contributed by atoms with Crippen molar-refractivity contribution < 1.29 is 23.1 Å². The number of aromatic nitrogens is 2. The van der Waals surface area contributed by atoms with Crippen molar-refractivity contribution in [2.75, 3.05) is 11.9 Å². The largest absolute Gasteiger partial charge is 0.471 e. The Morgan fingerprint density at radius 2 is 1.97 bits per heavy atom. The van der Waals surface area contributed by atoms with E-state index in [9.17, 15) is 18.4 Å². The van der Waals surface area contributed by atoms with Crippen molar-refractivity contribution in [3.8, 4) is 5.88 Å². The molecule has 0 saturated carbocycles. The van der Waals surface area contributed by atoms with Crippen LogP contribution in [0, 0.1) is 6.92 Å². The number of carbonyl (C=O) groups is 2. The number of hydrogen-bond donors (Lipinski definition) is 2. The molecule has 0 bridgehead atoms. The second-order valence-corrected chi connectivity index (χ2v) is 6.53. The van der Waals surface area contributed by atoms with Gasteiger partial charge in [0.2, 0.25) is 11.8 Å². The Morgan fingerprint density at radius 1 is 1.24 bits per heavy atom. The zero-order chi connectivity index (χ0) is 21.6. The van der Waals surface area contributed by atoms with Crippen LogP contribution in [0.5, 0.6) is 5.88 Å². The molecule has 0 saturated heterocycles. The summed E-state index contributed by atoms with van der Waals surface area (Å²) < 4.78 is 32.3. The molecule has 29 heavy (non-hydrogen) atoms. The van der Waals surface area contributed by atoms with E-state index in [-0.39, 0.29) is 35.6 Å². The molecule has 154 valence electrons. The number of aryl methyl sites for hydroxylation is 1. The van der Waals surface area contributed by atoms with Crippen molar-refractivity contribution in [3.05, 3.63) is 59.4 Å². The molecule has 2 amide bonds. The number of nitrogens with zero attached hydrogens (tertiary/aromatic N) is 2. The predicted molar refractivity (Wildman–Crippen MR) is 104 cm³/mol. The number of alkyl halides is 2. The minimum atomic E-state index is -3.14. The lowest BCUT2D eigenvalue weighted by Gasteiger charge is -2.17. The quantitative estimate of drug-likeness (QED) is 0.659. The van der Waals surface area contributed by atoms with Crippen LogP contribution >= 0.6 is 0 Å². The first-order chi connectivity index (χ1) is 13.6. The van der Waals surface area contributed by atoms with Crippen molar-refractivity contribution in [2.24, 2.45) is 0 Å². The van der Waals surface area contributed by atoms with Crippen LogP contribution in [0.25, 0.3) is 0 Å². The smallest absolute Gasteiger partial charge is 0.302 e. The highest BCUT2D eigenvalue weighted by atomic mass is 19.3. The van der Waals surface area contributed by atoms with Crippen LogP contribution in [0.2, 0.25) is 0 Å². The van der Waals surface area contributed by atoms with Crippen molar-refractivity contribution in [1.82, 2.24) is 15.3 Å². The molecule has 7 nitrogen and oxygen atoms in total. The third kappa shape index (κ3) is 6.34.